The molecule has 0 atom stereocenters. The van der Waals surface area contributed by atoms with Gasteiger partial charge in [0.2, 0.25) is 21.8 Å². The lowest BCUT2D eigenvalue weighted by atomic mass is 10.3. The fourth-order valence-electron chi connectivity index (χ4n) is 2.62. The molecule has 1 aliphatic rings. The van der Waals surface area contributed by atoms with E-state index < -0.39 is 15.8 Å². The molecule has 1 aromatic rings. The molecule has 0 radical (unpaired) electrons. The van der Waals surface area contributed by atoms with Crippen molar-refractivity contribution in [3.8, 4) is 0 Å². The Bertz CT molecular complexity index is 748. The summed E-state index contributed by atoms with van der Waals surface area (Å²) in [6.07, 6.45) is 0. The normalized spacial score (nSPS) is 16.2. The van der Waals surface area contributed by atoms with Crippen LogP contribution in [0.3, 0.4) is 0 Å². The lowest BCUT2D eigenvalue weighted by Gasteiger charge is -2.33. The van der Waals surface area contributed by atoms with Gasteiger partial charge >= 0.3 is 0 Å². The lowest BCUT2D eigenvalue weighted by Crippen LogP contribution is -2.51. The number of piperazine rings is 1. The van der Waals surface area contributed by atoms with Crippen LogP contribution in [-0.4, -0.2) is 75.3 Å². The molecular weight excluding hydrogens is 363 g/mol. The number of likely N-dealkylation sites (N-methyl/N-ethyl adjacent to an activating group) is 1. The number of benzene rings is 1. The zero-order valence-corrected chi connectivity index (χ0v) is 15.4. The molecule has 26 heavy (non-hydrogen) atoms. The highest BCUT2D eigenvalue weighted by molar-refractivity contribution is 7.89. The van der Waals surface area contributed by atoms with E-state index in [0.717, 1.165) is 6.07 Å². The summed E-state index contributed by atoms with van der Waals surface area (Å²) >= 11 is 0. The zero-order chi connectivity index (χ0) is 19.2. The predicted octanol–water partition coefficient (Wildman–Crippen LogP) is -0.616. The Kier molecular flexibility index (Phi) is 7.06. The second kappa shape index (κ2) is 9.06. The van der Waals surface area contributed by atoms with E-state index >= 15 is 0 Å². The molecule has 8 nitrogen and oxygen atoms in total. The minimum absolute atomic E-state index is 0.0764. The minimum Gasteiger partial charge on any atom is -0.355 e. The number of amides is 2. The first-order valence-corrected chi connectivity index (χ1v) is 9.79. The Labute approximate surface area is 152 Å². The summed E-state index contributed by atoms with van der Waals surface area (Å²) in [4.78, 5) is 24.6. The van der Waals surface area contributed by atoms with Crippen LogP contribution in [0.15, 0.2) is 29.2 Å². The van der Waals surface area contributed by atoms with Gasteiger partial charge in [-0.15, -0.1) is 0 Å². The van der Waals surface area contributed by atoms with Crippen LogP contribution in [0.4, 0.5) is 4.39 Å². The third-order valence-electron chi connectivity index (χ3n) is 3.97. The van der Waals surface area contributed by atoms with Crippen LogP contribution in [0.25, 0.3) is 0 Å². The van der Waals surface area contributed by atoms with Crippen LogP contribution >= 0.6 is 0 Å². The second-order valence-corrected chi connectivity index (χ2v) is 7.75. The summed E-state index contributed by atoms with van der Waals surface area (Å²) in [5.41, 5.74) is 0. The summed E-state index contributed by atoms with van der Waals surface area (Å²) in [6, 6.07) is 5.27. The number of carbonyl (C=O) groups is 2. The molecule has 1 saturated heterocycles. The highest BCUT2D eigenvalue weighted by Gasteiger charge is 2.30. The number of nitrogens with one attached hydrogen (secondary N) is 2. The molecule has 0 unspecified atom stereocenters. The smallest absolute Gasteiger partial charge is 0.246 e. The fraction of sp³-hybridized carbons (Fsp3) is 0.500. The van der Waals surface area contributed by atoms with E-state index in [1.54, 1.807) is 11.8 Å². The molecule has 0 saturated carbocycles. The maximum absolute atomic E-state index is 13.8. The molecule has 2 amide bonds. The van der Waals surface area contributed by atoms with Gasteiger partial charge in [0, 0.05) is 32.7 Å². The van der Waals surface area contributed by atoms with Crippen LogP contribution in [0.1, 0.15) is 6.92 Å². The van der Waals surface area contributed by atoms with Crippen molar-refractivity contribution in [2.45, 2.75) is 11.8 Å². The minimum atomic E-state index is -3.89. The molecule has 2 N–H and O–H groups in total. The van der Waals surface area contributed by atoms with Crippen LogP contribution in [0.5, 0.6) is 0 Å². The van der Waals surface area contributed by atoms with Gasteiger partial charge in [0.1, 0.15) is 10.7 Å². The Balaban J connectivity index is 1.84. The van der Waals surface area contributed by atoms with Crippen molar-refractivity contribution in [3.63, 3.8) is 0 Å². The number of sulfonamides is 1. The Morgan fingerprint density at radius 1 is 1.08 bits per heavy atom. The summed E-state index contributed by atoms with van der Waals surface area (Å²) in [6.45, 7) is 3.30. The van der Waals surface area contributed by atoms with Crippen molar-refractivity contribution in [1.29, 1.82) is 0 Å². The molecule has 10 heteroatoms. The molecule has 1 aliphatic heterocycles. The lowest BCUT2D eigenvalue weighted by molar-refractivity contribution is -0.126. The van der Waals surface area contributed by atoms with Crippen LogP contribution in [0.2, 0.25) is 0 Å². The summed E-state index contributed by atoms with van der Waals surface area (Å²) in [5.74, 6) is -1.34. The third-order valence-corrected chi connectivity index (χ3v) is 5.90. The van der Waals surface area contributed by atoms with Crippen molar-refractivity contribution in [2.24, 2.45) is 0 Å². The molecule has 1 aromatic carbocycles. The highest BCUT2D eigenvalue weighted by Crippen LogP contribution is 2.20. The van der Waals surface area contributed by atoms with Gasteiger partial charge in [-0.2, -0.15) is 4.31 Å². The topological polar surface area (TPSA) is 98.8 Å². The number of nitrogens with zero attached hydrogens (tertiary/aromatic N) is 2. The molecule has 2 rings (SSSR count). The van der Waals surface area contributed by atoms with Gasteiger partial charge in [0.05, 0.1) is 13.1 Å². The zero-order valence-electron chi connectivity index (χ0n) is 14.6. The van der Waals surface area contributed by atoms with E-state index in [2.05, 4.69) is 10.6 Å². The molecular formula is C16H23FN4O4S. The van der Waals surface area contributed by atoms with E-state index in [-0.39, 0.29) is 42.9 Å². The van der Waals surface area contributed by atoms with Gasteiger partial charge in [0.25, 0.3) is 0 Å². The molecule has 0 spiro atoms. The number of carbonyl (C=O) groups excluding carboxylic acids is 2. The average Bonchev–Trinajstić information content (AvgIpc) is 2.61. The Hall–Kier alpha value is -2.04. The van der Waals surface area contributed by atoms with Crippen molar-refractivity contribution < 1.29 is 22.4 Å². The SMILES string of the molecule is CCNC(=O)CNC(=O)CN1CCN(S(=O)(=O)c2ccccc2F)CC1. The van der Waals surface area contributed by atoms with Crippen molar-refractivity contribution in [3.05, 3.63) is 30.1 Å². The number of rotatable bonds is 7. The first-order valence-electron chi connectivity index (χ1n) is 8.35. The summed E-state index contributed by atoms with van der Waals surface area (Å²) in [5, 5.41) is 5.09. The average molecular weight is 386 g/mol. The van der Waals surface area contributed by atoms with E-state index in [0.29, 0.717) is 19.6 Å². The monoisotopic (exact) mass is 386 g/mol. The van der Waals surface area contributed by atoms with E-state index in [9.17, 15) is 22.4 Å². The number of hydrogen-bond donors (Lipinski definition) is 2. The summed E-state index contributed by atoms with van der Waals surface area (Å²) in [7, 11) is -3.89. The van der Waals surface area contributed by atoms with Crippen LogP contribution in [0, 0.1) is 5.82 Å². The standard InChI is InChI=1S/C16H23FN4O4S/c1-2-18-15(22)11-19-16(23)12-20-7-9-21(10-8-20)26(24,25)14-6-4-3-5-13(14)17/h3-6H,2,7-12H2,1H3,(H,18,22)(H,19,23). The van der Waals surface area contributed by atoms with Crippen molar-refractivity contribution in [1.82, 2.24) is 19.8 Å². The summed E-state index contributed by atoms with van der Waals surface area (Å²) < 4.78 is 40.0. The highest BCUT2D eigenvalue weighted by atomic mass is 32.2. The van der Waals surface area contributed by atoms with Gasteiger partial charge in [-0.3, -0.25) is 14.5 Å². The Morgan fingerprint density at radius 3 is 2.35 bits per heavy atom. The van der Waals surface area contributed by atoms with Crippen molar-refractivity contribution >= 4 is 21.8 Å². The molecule has 1 heterocycles. The fourth-order valence-corrected chi connectivity index (χ4v) is 4.11. The molecule has 0 bridgehead atoms. The number of hydrogen-bond acceptors (Lipinski definition) is 5. The van der Waals surface area contributed by atoms with E-state index in [1.807, 2.05) is 0 Å². The van der Waals surface area contributed by atoms with Crippen molar-refractivity contribution in [2.75, 3.05) is 45.8 Å². The van der Waals surface area contributed by atoms with Gasteiger partial charge in [0.15, 0.2) is 0 Å². The maximum atomic E-state index is 13.8. The predicted molar refractivity (Wildman–Crippen MR) is 93.3 cm³/mol. The quantitative estimate of drug-likeness (QED) is 0.651. The molecule has 0 aliphatic carbocycles. The van der Waals surface area contributed by atoms with E-state index in [4.69, 9.17) is 0 Å². The molecule has 1 fully saturated rings. The van der Waals surface area contributed by atoms with Gasteiger partial charge in [-0.1, -0.05) is 12.1 Å². The first-order chi connectivity index (χ1) is 12.3. The molecule has 0 aromatic heterocycles. The van der Waals surface area contributed by atoms with Gasteiger partial charge < -0.3 is 10.6 Å². The van der Waals surface area contributed by atoms with E-state index in [1.165, 1.54) is 22.5 Å². The largest absolute Gasteiger partial charge is 0.355 e. The third kappa shape index (κ3) is 5.23. The maximum Gasteiger partial charge on any atom is 0.246 e. The van der Waals surface area contributed by atoms with Gasteiger partial charge in [-0.25, -0.2) is 12.8 Å². The Morgan fingerprint density at radius 2 is 1.73 bits per heavy atom. The first kappa shape index (κ1) is 20.3. The van der Waals surface area contributed by atoms with Gasteiger partial charge in [-0.05, 0) is 19.1 Å². The second-order valence-electron chi connectivity index (χ2n) is 5.84. The number of halogens is 1. The molecule has 144 valence electrons. The van der Waals surface area contributed by atoms with Crippen LogP contribution < -0.4 is 10.6 Å². The van der Waals surface area contributed by atoms with Crippen LogP contribution in [-0.2, 0) is 19.6 Å².